The van der Waals surface area contributed by atoms with Crippen LogP contribution in [0, 0.1) is 0 Å². The molecule has 0 fully saturated rings. The fraction of sp³-hybridized carbons (Fsp3) is 0.474. The summed E-state index contributed by atoms with van der Waals surface area (Å²) in [5, 5.41) is 0.264. The number of unbranched alkanes of at least 4 members (excludes halogenated alkanes) is 3. The molecule has 1 aliphatic rings. The maximum atomic E-state index is 12.8. The minimum Gasteiger partial charge on any atom is -0.274 e. The molecule has 0 radical (unpaired) electrons. The quantitative estimate of drug-likeness (QED) is 0.520. The molecule has 0 saturated heterocycles. The average Bonchev–Trinajstić information content (AvgIpc) is 2.76. The molecule has 0 saturated carbocycles. The van der Waals surface area contributed by atoms with Gasteiger partial charge in [0.15, 0.2) is 0 Å². The van der Waals surface area contributed by atoms with E-state index in [-0.39, 0.29) is 17.1 Å². The molecular weight excluding hydrogens is 306 g/mol. The van der Waals surface area contributed by atoms with Crippen LogP contribution in [0.1, 0.15) is 52.0 Å². The number of nitrogens with zero attached hydrogens (tertiary/aromatic N) is 1. The lowest BCUT2D eigenvalue weighted by molar-refractivity contribution is -0.136. The lowest BCUT2D eigenvalue weighted by atomic mass is 10.1. The van der Waals surface area contributed by atoms with Crippen LogP contribution in [0.5, 0.6) is 0 Å². The number of hydrogen-bond acceptors (Lipinski definition) is 3. The van der Waals surface area contributed by atoms with Crippen LogP contribution in [0.25, 0.3) is 5.57 Å². The van der Waals surface area contributed by atoms with Crippen molar-refractivity contribution in [2.24, 2.45) is 0 Å². The molecule has 0 atom stereocenters. The molecule has 1 aliphatic heterocycles. The van der Waals surface area contributed by atoms with Gasteiger partial charge in [-0.25, -0.2) is 0 Å². The predicted octanol–water partition coefficient (Wildman–Crippen LogP) is 4.49. The Hall–Kier alpha value is -1.55. The average molecular weight is 331 g/mol. The topological polar surface area (TPSA) is 37.4 Å². The van der Waals surface area contributed by atoms with Crippen molar-refractivity contribution in [2.75, 3.05) is 6.54 Å². The van der Waals surface area contributed by atoms with Gasteiger partial charge in [0.1, 0.15) is 0 Å². The van der Waals surface area contributed by atoms with Crippen LogP contribution in [0.15, 0.2) is 35.2 Å². The van der Waals surface area contributed by atoms with Crippen molar-refractivity contribution in [1.29, 1.82) is 0 Å². The number of carbonyl (C=O) groups is 2. The second-order valence-electron chi connectivity index (χ2n) is 6.06. The second kappa shape index (κ2) is 8.34. The molecule has 0 aromatic heterocycles. The van der Waals surface area contributed by atoms with Gasteiger partial charge in [0.05, 0.1) is 10.5 Å². The Labute approximate surface area is 143 Å². The van der Waals surface area contributed by atoms with Crippen LogP contribution in [0.3, 0.4) is 0 Å². The lowest BCUT2D eigenvalue weighted by Crippen LogP contribution is -2.32. The Kier molecular flexibility index (Phi) is 6.46. The molecule has 0 N–H and O–H groups in total. The molecule has 4 heteroatoms. The first kappa shape index (κ1) is 17.8. The van der Waals surface area contributed by atoms with E-state index in [0.717, 1.165) is 31.2 Å². The van der Waals surface area contributed by atoms with Gasteiger partial charge in [0.25, 0.3) is 11.8 Å². The van der Waals surface area contributed by atoms with Gasteiger partial charge in [-0.2, -0.15) is 0 Å². The largest absolute Gasteiger partial charge is 0.274 e. The summed E-state index contributed by atoms with van der Waals surface area (Å²) in [7, 11) is 0. The molecule has 2 rings (SSSR count). The smallest absolute Gasteiger partial charge is 0.267 e. The number of amides is 2. The first-order valence-electron chi connectivity index (χ1n) is 8.38. The Morgan fingerprint density at radius 1 is 1.00 bits per heavy atom. The van der Waals surface area contributed by atoms with Crippen molar-refractivity contribution in [2.45, 2.75) is 51.7 Å². The molecule has 1 heterocycles. The van der Waals surface area contributed by atoms with E-state index in [0.29, 0.717) is 17.0 Å². The van der Waals surface area contributed by atoms with E-state index in [4.69, 9.17) is 0 Å². The zero-order valence-corrected chi connectivity index (χ0v) is 15.0. The predicted molar refractivity (Wildman–Crippen MR) is 97.0 cm³/mol. The van der Waals surface area contributed by atoms with Gasteiger partial charge < -0.3 is 0 Å². The fourth-order valence-electron chi connectivity index (χ4n) is 2.66. The van der Waals surface area contributed by atoms with Crippen LogP contribution in [0.2, 0.25) is 0 Å². The summed E-state index contributed by atoms with van der Waals surface area (Å²) in [6, 6.07) is 9.54. The summed E-state index contributed by atoms with van der Waals surface area (Å²) in [5.74, 6) is -0.259. The maximum Gasteiger partial charge on any atom is 0.267 e. The molecule has 0 aliphatic carbocycles. The highest BCUT2D eigenvalue weighted by Gasteiger charge is 2.38. The molecule has 1 aromatic rings. The number of rotatable bonds is 8. The Morgan fingerprint density at radius 3 is 2.30 bits per heavy atom. The lowest BCUT2D eigenvalue weighted by Gasteiger charge is -2.15. The number of thioether (sulfide) groups is 1. The first-order chi connectivity index (χ1) is 11.1. The van der Waals surface area contributed by atoms with Gasteiger partial charge in [0.2, 0.25) is 0 Å². The van der Waals surface area contributed by atoms with Crippen molar-refractivity contribution in [3.05, 3.63) is 40.8 Å². The first-order valence-corrected chi connectivity index (χ1v) is 9.26. The minimum absolute atomic E-state index is 0.121. The summed E-state index contributed by atoms with van der Waals surface area (Å²) in [5.41, 5.74) is 1.41. The molecule has 0 spiro atoms. The number of benzene rings is 1. The second-order valence-corrected chi connectivity index (χ2v) is 7.65. The van der Waals surface area contributed by atoms with E-state index in [9.17, 15) is 9.59 Å². The summed E-state index contributed by atoms with van der Waals surface area (Å²) >= 11 is 1.49. The number of imide groups is 1. The van der Waals surface area contributed by atoms with Gasteiger partial charge in [-0.15, -0.1) is 11.8 Å². The monoisotopic (exact) mass is 331 g/mol. The summed E-state index contributed by atoms with van der Waals surface area (Å²) in [4.78, 5) is 27.6. The van der Waals surface area contributed by atoms with Crippen LogP contribution < -0.4 is 0 Å². The molecule has 3 nitrogen and oxygen atoms in total. The standard InChI is InChI=1S/C19H25NO2S/c1-4-5-6-10-13-20-18(21)16(15-11-8-7-9-12-15)17(19(20)22)23-14(2)3/h7-9,11-12,14H,4-6,10,13H2,1-3H3. The fourth-order valence-corrected chi connectivity index (χ4v) is 3.66. The highest BCUT2D eigenvalue weighted by molar-refractivity contribution is 8.04. The Bertz CT molecular complexity index is 593. The highest BCUT2D eigenvalue weighted by atomic mass is 32.2. The maximum absolute atomic E-state index is 12.8. The zero-order valence-electron chi connectivity index (χ0n) is 14.2. The summed E-state index contributed by atoms with van der Waals surface area (Å²) < 4.78 is 0. The van der Waals surface area contributed by atoms with E-state index < -0.39 is 0 Å². The molecule has 1 aromatic carbocycles. The van der Waals surface area contributed by atoms with Crippen molar-refractivity contribution in [3.63, 3.8) is 0 Å². The number of carbonyl (C=O) groups excluding carboxylic acids is 2. The summed E-state index contributed by atoms with van der Waals surface area (Å²) in [6.45, 7) is 6.76. The van der Waals surface area contributed by atoms with Crippen molar-refractivity contribution in [3.8, 4) is 0 Å². The molecule has 23 heavy (non-hydrogen) atoms. The van der Waals surface area contributed by atoms with Gasteiger partial charge >= 0.3 is 0 Å². The molecule has 2 amide bonds. The van der Waals surface area contributed by atoms with Crippen LogP contribution in [0.4, 0.5) is 0 Å². The highest BCUT2D eigenvalue weighted by Crippen LogP contribution is 2.37. The van der Waals surface area contributed by atoms with E-state index >= 15 is 0 Å². The van der Waals surface area contributed by atoms with Crippen molar-refractivity contribution in [1.82, 2.24) is 4.90 Å². The van der Waals surface area contributed by atoms with E-state index in [1.807, 2.05) is 44.2 Å². The Balaban J connectivity index is 2.25. The third-order valence-electron chi connectivity index (χ3n) is 3.78. The normalized spacial score (nSPS) is 15.2. The molecule has 0 unspecified atom stereocenters. The van der Waals surface area contributed by atoms with Crippen molar-refractivity contribution >= 4 is 29.1 Å². The van der Waals surface area contributed by atoms with Gasteiger partial charge in [0, 0.05) is 11.8 Å². The van der Waals surface area contributed by atoms with E-state index in [1.165, 1.54) is 16.7 Å². The van der Waals surface area contributed by atoms with Crippen LogP contribution >= 0.6 is 11.8 Å². The summed E-state index contributed by atoms with van der Waals surface area (Å²) in [6.07, 6.45) is 4.22. The zero-order chi connectivity index (χ0) is 16.8. The minimum atomic E-state index is -0.138. The number of hydrogen-bond donors (Lipinski definition) is 0. The van der Waals surface area contributed by atoms with Gasteiger partial charge in [-0.3, -0.25) is 14.5 Å². The van der Waals surface area contributed by atoms with E-state index in [2.05, 4.69) is 6.92 Å². The van der Waals surface area contributed by atoms with Crippen LogP contribution in [-0.2, 0) is 9.59 Å². The molecule has 124 valence electrons. The molecular formula is C19H25NO2S. The van der Waals surface area contributed by atoms with Crippen molar-refractivity contribution < 1.29 is 9.59 Å². The van der Waals surface area contributed by atoms with Gasteiger partial charge in [-0.1, -0.05) is 70.4 Å². The van der Waals surface area contributed by atoms with E-state index in [1.54, 1.807) is 0 Å². The van der Waals surface area contributed by atoms with Gasteiger partial charge in [-0.05, 0) is 12.0 Å². The third-order valence-corrected chi connectivity index (χ3v) is 4.86. The molecule has 0 bridgehead atoms. The van der Waals surface area contributed by atoms with Crippen LogP contribution in [-0.4, -0.2) is 28.5 Å². The third kappa shape index (κ3) is 4.25. The SMILES string of the molecule is CCCCCCN1C(=O)C(SC(C)C)=C(c2ccccc2)C1=O. The Morgan fingerprint density at radius 2 is 1.70 bits per heavy atom.